The predicted molar refractivity (Wildman–Crippen MR) is 79.4 cm³/mol. The molecule has 2 N–H and O–H groups in total. The molecule has 1 saturated carbocycles. The molecule has 3 atom stereocenters. The van der Waals surface area contributed by atoms with E-state index in [2.05, 4.69) is 28.6 Å². The molecule has 0 bridgehead atoms. The second kappa shape index (κ2) is 5.91. The summed E-state index contributed by atoms with van der Waals surface area (Å²) in [5.74, 6) is 0.788. The lowest BCUT2D eigenvalue weighted by atomic mass is 9.79. The summed E-state index contributed by atoms with van der Waals surface area (Å²) in [6.07, 6.45) is 12.0. The largest absolute Gasteiger partial charge is 0.381 e. The minimum absolute atomic E-state index is 0.618. The van der Waals surface area contributed by atoms with Crippen LogP contribution >= 0.6 is 0 Å². The Morgan fingerprint density at radius 3 is 2.89 bits per heavy atom. The quantitative estimate of drug-likeness (QED) is 0.875. The van der Waals surface area contributed by atoms with Gasteiger partial charge in [-0.3, -0.25) is 4.98 Å². The van der Waals surface area contributed by atoms with E-state index in [0.717, 1.165) is 12.0 Å². The van der Waals surface area contributed by atoms with E-state index in [1.54, 1.807) is 0 Å². The first-order chi connectivity index (χ1) is 9.34. The molecule has 3 heteroatoms. The van der Waals surface area contributed by atoms with Crippen molar-refractivity contribution in [2.24, 2.45) is 5.92 Å². The molecule has 3 nitrogen and oxygen atoms in total. The van der Waals surface area contributed by atoms with Crippen molar-refractivity contribution in [1.82, 2.24) is 10.3 Å². The van der Waals surface area contributed by atoms with Crippen molar-refractivity contribution in [3.05, 3.63) is 24.0 Å². The van der Waals surface area contributed by atoms with Gasteiger partial charge in [0, 0.05) is 18.3 Å². The molecular weight excluding hydrogens is 234 g/mol. The van der Waals surface area contributed by atoms with Crippen molar-refractivity contribution in [3.8, 4) is 0 Å². The molecule has 2 fully saturated rings. The number of nitrogens with zero attached hydrogens (tertiary/aromatic N) is 1. The van der Waals surface area contributed by atoms with Crippen LogP contribution in [-0.4, -0.2) is 23.6 Å². The van der Waals surface area contributed by atoms with Crippen molar-refractivity contribution < 1.29 is 0 Å². The number of aromatic nitrogens is 1. The van der Waals surface area contributed by atoms with Gasteiger partial charge >= 0.3 is 0 Å². The van der Waals surface area contributed by atoms with Gasteiger partial charge in [-0.15, -0.1) is 0 Å². The van der Waals surface area contributed by atoms with Crippen LogP contribution in [0.1, 0.15) is 44.1 Å². The standard InChI is InChI=1S/C16H25N3/c1-12-8-10-17-11-16(12)19-15-6-3-2-5-13(15)14-7-4-9-18-14/h8,10-11,13-15,18-19H,2-7,9H2,1H3. The summed E-state index contributed by atoms with van der Waals surface area (Å²) in [5.41, 5.74) is 2.52. The molecule has 0 radical (unpaired) electrons. The fourth-order valence-electron chi connectivity index (χ4n) is 3.71. The van der Waals surface area contributed by atoms with Crippen LogP contribution in [0.25, 0.3) is 0 Å². The zero-order valence-electron chi connectivity index (χ0n) is 11.9. The number of hydrogen-bond acceptors (Lipinski definition) is 3. The molecule has 3 rings (SSSR count). The molecule has 3 unspecified atom stereocenters. The zero-order valence-corrected chi connectivity index (χ0v) is 11.9. The van der Waals surface area contributed by atoms with Crippen LogP contribution in [0, 0.1) is 12.8 Å². The Morgan fingerprint density at radius 1 is 1.21 bits per heavy atom. The molecule has 0 spiro atoms. The lowest BCUT2D eigenvalue weighted by Crippen LogP contribution is -2.43. The van der Waals surface area contributed by atoms with E-state index >= 15 is 0 Å². The Kier molecular flexibility index (Phi) is 4.02. The molecular formula is C16H25N3. The summed E-state index contributed by atoms with van der Waals surface area (Å²) in [6.45, 7) is 3.37. The highest BCUT2D eigenvalue weighted by Crippen LogP contribution is 2.32. The van der Waals surface area contributed by atoms with Gasteiger partial charge in [-0.1, -0.05) is 12.8 Å². The van der Waals surface area contributed by atoms with Gasteiger partial charge in [0.2, 0.25) is 0 Å². The molecule has 1 aliphatic heterocycles. The van der Waals surface area contributed by atoms with Gasteiger partial charge in [0.15, 0.2) is 0 Å². The monoisotopic (exact) mass is 259 g/mol. The van der Waals surface area contributed by atoms with Crippen molar-refractivity contribution in [2.45, 2.75) is 57.5 Å². The highest BCUT2D eigenvalue weighted by molar-refractivity contribution is 5.49. The maximum atomic E-state index is 4.26. The molecule has 2 aliphatic rings. The fraction of sp³-hybridized carbons (Fsp3) is 0.688. The average molecular weight is 259 g/mol. The number of pyridine rings is 1. The van der Waals surface area contributed by atoms with Crippen LogP contribution in [-0.2, 0) is 0 Å². The van der Waals surface area contributed by atoms with Crippen LogP contribution in [0.15, 0.2) is 18.5 Å². The van der Waals surface area contributed by atoms with E-state index in [-0.39, 0.29) is 0 Å². The van der Waals surface area contributed by atoms with Crippen molar-refractivity contribution in [3.63, 3.8) is 0 Å². The van der Waals surface area contributed by atoms with Gasteiger partial charge in [0.05, 0.1) is 11.9 Å². The van der Waals surface area contributed by atoms with Gasteiger partial charge in [0.1, 0.15) is 0 Å². The van der Waals surface area contributed by atoms with Crippen molar-refractivity contribution >= 4 is 5.69 Å². The minimum Gasteiger partial charge on any atom is -0.381 e. The molecule has 2 heterocycles. The van der Waals surface area contributed by atoms with Gasteiger partial charge in [-0.05, 0) is 56.7 Å². The lowest BCUT2D eigenvalue weighted by Gasteiger charge is -2.37. The summed E-state index contributed by atoms with van der Waals surface area (Å²) in [6, 6.07) is 3.44. The van der Waals surface area contributed by atoms with E-state index in [1.165, 1.54) is 56.3 Å². The maximum Gasteiger partial charge on any atom is 0.0558 e. The van der Waals surface area contributed by atoms with Crippen LogP contribution in [0.2, 0.25) is 0 Å². The van der Waals surface area contributed by atoms with Crippen molar-refractivity contribution in [2.75, 3.05) is 11.9 Å². The first kappa shape index (κ1) is 12.9. The van der Waals surface area contributed by atoms with Gasteiger partial charge in [-0.2, -0.15) is 0 Å². The third-order valence-corrected chi connectivity index (χ3v) is 4.81. The van der Waals surface area contributed by atoms with Crippen LogP contribution < -0.4 is 10.6 Å². The summed E-state index contributed by atoms with van der Waals surface area (Å²) in [4.78, 5) is 4.26. The maximum absolute atomic E-state index is 4.26. The van der Waals surface area contributed by atoms with E-state index in [4.69, 9.17) is 0 Å². The smallest absolute Gasteiger partial charge is 0.0558 e. The molecule has 1 aliphatic carbocycles. The number of anilines is 1. The number of rotatable bonds is 3. The van der Waals surface area contributed by atoms with E-state index in [1.807, 2.05) is 12.4 Å². The van der Waals surface area contributed by atoms with Crippen molar-refractivity contribution in [1.29, 1.82) is 0 Å². The Morgan fingerprint density at radius 2 is 2.11 bits per heavy atom. The molecule has 19 heavy (non-hydrogen) atoms. The van der Waals surface area contributed by atoms with Crippen LogP contribution in [0.4, 0.5) is 5.69 Å². The van der Waals surface area contributed by atoms with Crippen LogP contribution in [0.5, 0.6) is 0 Å². The highest BCUT2D eigenvalue weighted by Gasteiger charge is 2.33. The highest BCUT2D eigenvalue weighted by atomic mass is 15.0. The SMILES string of the molecule is Cc1ccncc1NC1CCCCC1C1CCCN1. The lowest BCUT2D eigenvalue weighted by molar-refractivity contribution is 0.262. The third kappa shape index (κ3) is 2.92. The first-order valence-electron chi connectivity index (χ1n) is 7.75. The number of aryl methyl sites for hydroxylation is 1. The molecule has 1 aromatic heterocycles. The van der Waals surface area contributed by atoms with Gasteiger partial charge in [0.25, 0.3) is 0 Å². The topological polar surface area (TPSA) is 37.0 Å². The fourth-order valence-corrected chi connectivity index (χ4v) is 3.71. The Balaban J connectivity index is 1.71. The Labute approximate surface area is 116 Å². The van der Waals surface area contributed by atoms with Crippen LogP contribution in [0.3, 0.4) is 0 Å². The summed E-state index contributed by atoms with van der Waals surface area (Å²) >= 11 is 0. The first-order valence-corrected chi connectivity index (χ1v) is 7.75. The zero-order chi connectivity index (χ0) is 13.1. The molecule has 1 aromatic rings. The predicted octanol–water partition coefficient (Wildman–Crippen LogP) is 3.11. The number of nitrogens with one attached hydrogen (secondary N) is 2. The summed E-state index contributed by atoms with van der Waals surface area (Å²) in [7, 11) is 0. The van der Waals surface area contributed by atoms with Gasteiger partial charge in [-0.25, -0.2) is 0 Å². The second-order valence-corrected chi connectivity index (χ2v) is 6.09. The molecule has 1 saturated heterocycles. The second-order valence-electron chi connectivity index (χ2n) is 6.09. The Hall–Kier alpha value is -1.09. The normalized spacial score (nSPS) is 31.3. The third-order valence-electron chi connectivity index (χ3n) is 4.81. The molecule has 0 amide bonds. The minimum atomic E-state index is 0.618. The summed E-state index contributed by atoms with van der Waals surface area (Å²) < 4.78 is 0. The van der Waals surface area contributed by atoms with E-state index in [9.17, 15) is 0 Å². The van der Waals surface area contributed by atoms with E-state index < -0.39 is 0 Å². The Bertz CT molecular complexity index is 412. The molecule has 0 aromatic carbocycles. The summed E-state index contributed by atoms with van der Waals surface area (Å²) in [5, 5.41) is 7.47. The molecule has 104 valence electrons. The average Bonchev–Trinajstić information content (AvgIpc) is 2.96. The number of hydrogen-bond donors (Lipinski definition) is 2. The van der Waals surface area contributed by atoms with E-state index in [0.29, 0.717) is 6.04 Å². The van der Waals surface area contributed by atoms with Gasteiger partial charge < -0.3 is 10.6 Å².